The van der Waals surface area contributed by atoms with Gasteiger partial charge in [-0.05, 0) is 6.07 Å². The van der Waals surface area contributed by atoms with Crippen LogP contribution >= 0.6 is 23.2 Å². The van der Waals surface area contributed by atoms with E-state index in [0.717, 1.165) is 0 Å². The topological polar surface area (TPSA) is 78.3 Å². The van der Waals surface area contributed by atoms with E-state index in [1.165, 1.54) is 12.1 Å². The van der Waals surface area contributed by atoms with Crippen LogP contribution in [-0.2, 0) is 4.79 Å². The lowest BCUT2D eigenvalue weighted by atomic mass is 10.3. The van der Waals surface area contributed by atoms with Crippen molar-refractivity contribution in [2.75, 3.05) is 12.3 Å². The Morgan fingerprint density at radius 3 is 2.53 bits per heavy atom. The van der Waals surface area contributed by atoms with Crippen LogP contribution in [0.5, 0.6) is 5.75 Å². The van der Waals surface area contributed by atoms with Crippen molar-refractivity contribution < 1.29 is 9.53 Å². The first-order valence-corrected chi connectivity index (χ1v) is 4.92. The quantitative estimate of drug-likeness (QED) is 0.799. The number of halogens is 2. The maximum absolute atomic E-state index is 10.5. The summed E-state index contributed by atoms with van der Waals surface area (Å²) in [6, 6.07) is 2.99. The number of hydrogen-bond donors (Lipinski definition) is 2. The third-order valence-electron chi connectivity index (χ3n) is 1.66. The maximum Gasteiger partial charge on any atom is 0.220 e. The molecule has 1 aromatic rings. The number of nitrogen functional groups attached to an aromatic ring is 1. The van der Waals surface area contributed by atoms with Crippen LogP contribution in [0.25, 0.3) is 0 Å². The summed E-state index contributed by atoms with van der Waals surface area (Å²) in [4.78, 5) is 10.5. The molecule has 4 N–H and O–H groups in total. The molecular weight excluding hydrogens is 239 g/mol. The number of anilines is 1. The second-order valence-corrected chi connectivity index (χ2v) is 3.68. The van der Waals surface area contributed by atoms with Crippen molar-refractivity contribution in [3.05, 3.63) is 22.2 Å². The van der Waals surface area contributed by atoms with Crippen LogP contribution in [0.3, 0.4) is 0 Å². The predicted molar refractivity (Wildman–Crippen MR) is 60.2 cm³/mol. The molecule has 0 aliphatic heterocycles. The summed E-state index contributed by atoms with van der Waals surface area (Å²) in [5.41, 5.74) is 10.9. The third-order valence-corrected chi connectivity index (χ3v) is 2.38. The number of carbonyl (C=O) groups excluding carboxylic acids is 1. The molecule has 1 amide bonds. The molecule has 0 atom stereocenters. The van der Waals surface area contributed by atoms with Crippen molar-refractivity contribution in [1.82, 2.24) is 0 Å². The molecule has 1 aromatic carbocycles. The summed E-state index contributed by atoms with van der Waals surface area (Å²) in [5.74, 6) is -0.0423. The first-order chi connectivity index (χ1) is 7.00. The van der Waals surface area contributed by atoms with Gasteiger partial charge in [0, 0.05) is 6.07 Å². The molecule has 0 saturated heterocycles. The summed E-state index contributed by atoms with van der Waals surface area (Å²) in [6.07, 6.45) is 0.125. The number of hydrogen-bond acceptors (Lipinski definition) is 3. The molecule has 0 bridgehead atoms. The van der Waals surface area contributed by atoms with E-state index in [9.17, 15) is 4.79 Å². The molecule has 0 saturated carbocycles. The molecule has 1 rings (SSSR count). The SMILES string of the molecule is NC(=O)CCOc1cc(Cl)c(Cl)cc1N. The lowest BCUT2D eigenvalue weighted by molar-refractivity contribution is -0.118. The lowest BCUT2D eigenvalue weighted by Gasteiger charge is -2.09. The minimum Gasteiger partial charge on any atom is -0.491 e. The van der Waals surface area contributed by atoms with E-state index in [2.05, 4.69) is 0 Å². The fourth-order valence-corrected chi connectivity index (χ4v) is 1.26. The van der Waals surface area contributed by atoms with E-state index in [4.69, 9.17) is 39.4 Å². The Hall–Kier alpha value is -1.13. The Morgan fingerprint density at radius 2 is 1.93 bits per heavy atom. The van der Waals surface area contributed by atoms with E-state index >= 15 is 0 Å². The molecule has 0 aliphatic carbocycles. The number of rotatable bonds is 4. The number of benzene rings is 1. The Labute approximate surface area is 97.1 Å². The molecule has 82 valence electrons. The molecule has 0 unspecified atom stereocenters. The lowest BCUT2D eigenvalue weighted by Crippen LogP contribution is -2.14. The molecule has 0 heterocycles. The van der Waals surface area contributed by atoms with E-state index < -0.39 is 5.91 Å². The van der Waals surface area contributed by atoms with Crippen molar-refractivity contribution in [2.24, 2.45) is 5.73 Å². The van der Waals surface area contributed by atoms with Gasteiger partial charge in [0.1, 0.15) is 5.75 Å². The van der Waals surface area contributed by atoms with Crippen LogP contribution in [0.2, 0.25) is 10.0 Å². The van der Waals surface area contributed by atoms with Crippen LogP contribution in [0, 0.1) is 0 Å². The minimum atomic E-state index is -0.436. The molecule has 15 heavy (non-hydrogen) atoms. The van der Waals surface area contributed by atoms with Crippen molar-refractivity contribution in [3.8, 4) is 5.75 Å². The highest BCUT2D eigenvalue weighted by molar-refractivity contribution is 6.42. The van der Waals surface area contributed by atoms with Gasteiger partial charge in [0.05, 0.1) is 28.8 Å². The molecule has 0 aromatic heterocycles. The maximum atomic E-state index is 10.5. The zero-order valence-corrected chi connectivity index (χ0v) is 9.31. The van der Waals surface area contributed by atoms with Gasteiger partial charge in [0.2, 0.25) is 5.91 Å². The summed E-state index contributed by atoms with van der Waals surface area (Å²) in [7, 11) is 0. The Bertz CT molecular complexity index is 383. The first kappa shape index (κ1) is 11.9. The van der Waals surface area contributed by atoms with Crippen LogP contribution < -0.4 is 16.2 Å². The fraction of sp³-hybridized carbons (Fsp3) is 0.222. The zero-order chi connectivity index (χ0) is 11.4. The average molecular weight is 249 g/mol. The molecular formula is C9H10Cl2N2O2. The van der Waals surface area contributed by atoms with Crippen LogP contribution in [0.1, 0.15) is 6.42 Å². The standard InChI is InChI=1S/C9H10Cl2N2O2/c10-5-3-7(12)8(4-6(5)11)15-2-1-9(13)14/h3-4H,1-2,12H2,(H2,13,14). The first-order valence-electron chi connectivity index (χ1n) is 4.16. The van der Waals surface area contributed by atoms with E-state index in [1.54, 1.807) is 0 Å². The van der Waals surface area contributed by atoms with Crippen molar-refractivity contribution in [1.29, 1.82) is 0 Å². The second kappa shape index (κ2) is 5.09. The van der Waals surface area contributed by atoms with Crippen molar-refractivity contribution in [3.63, 3.8) is 0 Å². The average Bonchev–Trinajstić information content (AvgIpc) is 2.13. The van der Waals surface area contributed by atoms with Gasteiger partial charge < -0.3 is 16.2 Å². The van der Waals surface area contributed by atoms with E-state index in [1.807, 2.05) is 0 Å². The summed E-state index contributed by atoms with van der Waals surface area (Å²) >= 11 is 11.5. The van der Waals surface area contributed by atoms with Gasteiger partial charge >= 0.3 is 0 Å². The highest BCUT2D eigenvalue weighted by Gasteiger charge is 2.06. The van der Waals surface area contributed by atoms with Gasteiger partial charge in [-0.2, -0.15) is 0 Å². The summed E-state index contributed by atoms with van der Waals surface area (Å²) in [5, 5.41) is 0.705. The molecule has 0 spiro atoms. The highest BCUT2D eigenvalue weighted by atomic mass is 35.5. The summed E-state index contributed by atoms with van der Waals surface area (Å²) in [6.45, 7) is 0.164. The van der Waals surface area contributed by atoms with Crippen LogP contribution in [0.4, 0.5) is 5.69 Å². The van der Waals surface area contributed by atoms with Gasteiger partial charge in [0.25, 0.3) is 0 Å². The largest absolute Gasteiger partial charge is 0.491 e. The minimum absolute atomic E-state index is 0.125. The van der Waals surface area contributed by atoms with Crippen LogP contribution in [-0.4, -0.2) is 12.5 Å². The van der Waals surface area contributed by atoms with Gasteiger partial charge in [0.15, 0.2) is 0 Å². The van der Waals surface area contributed by atoms with Gasteiger partial charge in [-0.15, -0.1) is 0 Å². The summed E-state index contributed by atoms with van der Waals surface area (Å²) < 4.78 is 5.21. The predicted octanol–water partition coefficient (Wildman–Crippen LogP) is 1.83. The number of primary amides is 1. The number of nitrogens with two attached hydrogens (primary N) is 2. The number of amides is 1. The third kappa shape index (κ3) is 3.49. The Kier molecular flexibility index (Phi) is 4.05. The Balaban J connectivity index is 2.69. The molecule has 0 aliphatic rings. The van der Waals surface area contributed by atoms with Crippen molar-refractivity contribution in [2.45, 2.75) is 6.42 Å². The van der Waals surface area contributed by atoms with Crippen molar-refractivity contribution >= 4 is 34.8 Å². The van der Waals surface area contributed by atoms with E-state index in [-0.39, 0.29) is 13.0 Å². The number of ether oxygens (including phenoxy) is 1. The van der Waals surface area contributed by atoms with Gasteiger partial charge in [-0.1, -0.05) is 23.2 Å². The van der Waals surface area contributed by atoms with E-state index in [0.29, 0.717) is 21.5 Å². The molecule has 6 heteroatoms. The molecule has 0 radical (unpaired) electrons. The van der Waals surface area contributed by atoms with Gasteiger partial charge in [-0.3, -0.25) is 4.79 Å². The smallest absolute Gasteiger partial charge is 0.220 e. The highest BCUT2D eigenvalue weighted by Crippen LogP contribution is 2.32. The molecule has 0 fully saturated rings. The second-order valence-electron chi connectivity index (χ2n) is 2.87. The zero-order valence-electron chi connectivity index (χ0n) is 7.80. The normalized spacial score (nSPS) is 10.0. The van der Waals surface area contributed by atoms with Gasteiger partial charge in [-0.25, -0.2) is 0 Å². The fourth-order valence-electron chi connectivity index (χ4n) is 0.931. The monoisotopic (exact) mass is 248 g/mol. The Morgan fingerprint density at radius 1 is 1.33 bits per heavy atom. The number of carbonyl (C=O) groups is 1. The molecule has 4 nitrogen and oxygen atoms in total. The van der Waals surface area contributed by atoms with Crippen LogP contribution in [0.15, 0.2) is 12.1 Å².